The van der Waals surface area contributed by atoms with E-state index in [0.29, 0.717) is 46.9 Å². The predicted molar refractivity (Wildman–Crippen MR) is 125 cm³/mol. The molecule has 0 fully saturated rings. The molecule has 3 rings (SSSR count). The Hall–Kier alpha value is -3.37. The number of ether oxygens (including phenoxy) is 1. The number of hydrogen-bond donors (Lipinski definition) is 2. The van der Waals surface area contributed by atoms with Crippen LogP contribution in [0.3, 0.4) is 0 Å². The standard InChI is InChI=1S/C22H26N4O5S/c1-25(2)11-12-26(32(4,29)30)17-8-6-16(7-9-17)23-14-19-18-10-5-15(22(28)31-3)13-20(18)24-21(19)27/h5-10,13-14,23H,11-12H2,1-4H3,(H,24,27)/b19-14-. The molecule has 1 heterocycles. The molecule has 0 saturated carbocycles. The first-order chi connectivity index (χ1) is 15.1. The Morgan fingerprint density at radius 2 is 1.81 bits per heavy atom. The van der Waals surface area contributed by atoms with Crippen LogP contribution in [0.2, 0.25) is 0 Å². The van der Waals surface area contributed by atoms with E-state index in [1.165, 1.54) is 17.7 Å². The van der Waals surface area contributed by atoms with Gasteiger partial charge in [0.25, 0.3) is 5.91 Å². The molecule has 170 valence electrons. The Labute approximate surface area is 187 Å². The molecule has 0 spiro atoms. The minimum Gasteiger partial charge on any atom is -0.465 e. The zero-order valence-electron chi connectivity index (χ0n) is 18.4. The second-order valence-electron chi connectivity index (χ2n) is 7.59. The largest absolute Gasteiger partial charge is 0.465 e. The van der Waals surface area contributed by atoms with Gasteiger partial charge in [-0.3, -0.25) is 9.10 Å². The SMILES string of the molecule is COC(=O)c1ccc2c(c1)NC(=O)/C2=C\Nc1ccc(N(CCN(C)C)S(C)(=O)=O)cc1. The predicted octanol–water partition coefficient (Wildman–Crippen LogP) is 2.21. The van der Waals surface area contributed by atoms with Crippen LogP contribution < -0.4 is 14.9 Å². The summed E-state index contributed by atoms with van der Waals surface area (Å²) in [7, 11) is 1.65. The minimum atomic E-state index is -3.42. The number of anilines is 3. The fourth-order valence-corrected chi connectivity index (χ4v) is 4.16. The van der Waals surface area contributed by atoms with Gasteiger partial charge in [-0.1, -0.05) is 6.07 Å². The van der Waals surface area contributed by atoms with Crippen molar-refractivity contribution in [3.8, 4) is 0 Å². The van der Waals surface area contributed by atoms with Crippen molar-refractivity contribution in [1.82, 2.24) is 4.90 Å². The Kier molecular flexibility index (Phi) is 6.85. The van der Waals surface area contributed by atoms with Gasteiger partial charge in [0.1, 0.15) is 0 Å². The van der Waals surface area contributed by atoms with Gasteiger partial charge in [-0.05, 0) is 50.5 Å². The van der Waals surface area contributed by atoms with E-state index in [9.17, 15) is 18.0 Å². The molecule has 0 atom stereocenters. The maximum atomic E-state index is 12.4. The summed E-state index contributed by atoms with van der Waals surface area (Å²) < 4.78 is 30.4. The molecule has 2 aromatic carbocycles. The zero-order valence-corrected chi connectivity index (χ0v) is 19.2. The topological polar surface area (TPSA) is 108 Å². The number of carbonyl (C=O) groups excluding carboxylic acids is 2. The first kappa shape index (κ1) is 23.3. The van der Waals surface area contributed by atoms with Crippen LogP contribution in [0.15, 0.2) is 48.7 Å². The van der Waals surface area contributed by atoms with Gasteiger partial charge in [-0.15, -0.1) is 0 Å². The zero-order chi connectivity index (χ0) is 23.5. The van der Waals surface area contributed by atoms with Crippen molar-refractivity contribution in [3.05, 3.63) is 59.8 Å². The summed E-state index contributed by atoms with van der Waals surface area (Å²) in [5, 5.41) is 5.81. The summed E-state index contributed by atoms with van der Waals surface area (Å²) in [6.07, 6.45) is 2.76. The molecule has 0 saturated heterocycles. The quantitative estimate of drug-likeness (QED) is 0.461. The number of sulfonamides is 1. The van der Waals surface area contributed by atoms with Crippen molar-refractivity contribution in [3.63, 3.8) is 0 Å². The number of likely N-dealkylation sites (N-methyl/N-ethyl adjacent to an activating group) is 1. The number of hydrogen-bond acceptors (Lipinski definition) is 7. The number of fused-ring (bicyclic) bond motifs is 1. The third-order valence-electron chi connectivity index (χ3n) is 4.91. The molecule has 0 radical (unpaired) electrons. The average molecular weight is 459 g/mol. The molecule has 2 aromatic rings. The van der Waals surface area contributed by atoms with Crippen LogP contribution in [-0.4, -0.2) is 65.7 Å². The number of methoxy groups -OCH3 is 1. The van der Waals surface area contributed by atoms with E-state index in [1.807, 2.05) is 19.0 Å². The molecule has 0 aliphatic carbocycles. The van der Waals surface area contributed by atoms with Crippen molar-refractivity contribution in [1.29, 1.82) is 0 Å². The molecular formula is C22H26N4O5S. The van der Waals surface area contributed by atoms with Crippen LogP contribution >= 0.6 is 0 Å². The van der Waals surface area contributed by atoms with Crippen LogP contribution in [0.1, 0.15) is 15.9 Å². The van der Waals surface area contributed by atoms with Gasteiger partial charge in [0.15, 0.2) is 0 Å². The van der Waals surface area contributed by atoms with Crippen LogP contribution in [0.5, 0.6) is 0 Å². The Morgan fingerprint density at radius 1 is 1.12 bits per heavy atom. The Balaban J connectivity index is 1.78. The number of rotatable bonds is 8. The van der Waals surface area contributed by atoms with Gasteiger partial charge in [0.05, 0.1) is 30.2 Å². The van der Waals surface area contributed by atoms with Crippen LogP contribution in [0, 0.1) is 0 Å². The van der Waals surface area contributed by atoms with Crippen molar-refractivity contribution in [2.24, 2.45) is 0 Å². The summed E-state index contributed by atoms with van der Waals surface area (Å²) in [5.74, 6) is -0.774. The molecule has 10 heteroatoms. The van der Waals surface area contributed by atoms with E-state index < -0.39 is 16.0 Å². The fraction of sp³-hybridized carbons (Fsp3) is 0.273. The fourth-order valence-electron chi connectivity index (χ4n) is 3.24. The molecule has 0 unspecified atom stereocenters. The van der Waals surface area contributed by atoms with E-state index in [4.69, 9.17) is 4.74 Å². The molecule has 0 aromatic heterocycles. The third-order valence-corrected chi connectivity index (χ3v) is 6.11. The van der Waals surface area contributed by atoms with Crippen LogP contribution in [0.4, 0.5) is 17.1 Å². The highest BCUT2D eigenvalue weighted by atomic mass is 32.2. The van der Waals surface area contributed by atoms with Crippen molar-refractivity contribution in [2.75, 3.05) is 55.5 Å². The summed E-state index contributed by atoms with van der Waals surface area (Å²) in [6.45, 7) is 0.929. The number of carbonyl (C=O) groups is 2. The van der Waals surface area contributed by atoms with E-state index in [2.05, 4.69) is 10.6 Å². The van der Waals surface area contributed by atoms with Crippen LogP contribution in [-0.2, 0) is 19.6 Å². The number of nitrogens with zero attached hydrogens (tertiary/aromatic N) is 2. The Bertz CT molecular complexity index is 1160. The maximum absolute atomic E-state index is 12.4. The lowest BCUT2D eigenvalue weighted by molar-refractivity contribution is -0.110. The second-order valence-corrected chi connectivity index (χ2v) is 9.50. The van der Waals surface area contributed by atoms with Crippen molar-refractivity contribution >= 4 is 44.5 Å². The average Bonchev–Trinajstić information content (AvgIpc) is 3.05. The number of benzene rings is 2. The molecule has 32 heavy (non-hydrogen) atoms. The summed E-state index contributed by atoms with van der Waals surface area (Å²) in [4.78, 5) is 26.0. The third kappa shape index (κ3) is 5.27. The maximum Gasteiger partial charge on any atom is 0.337 e. The lowest BCUT2D eigenvalue weighted by atomic mass is 10.1. The smallest absolute Gasteiger partial charge is 0.337 e. The highest BCUT2D eigenvalue weighted by Crippen LogP contribution is 2.32. The molecule has 2 N–H and O–H groups in total. The first-order valence-electron chi connectivity index (χ1n) is 9.83. The molecule has 9 nitrogen and oxygen atoms in total. The molecule has 1 aliphatic heterocycles. The molecule has 1 amide bonds. The van der Waals surface area contributed by atoms with Crippen molar-refractivity contribution < 1.29 is 22.7 Å². The molecular weight excluding hydrogens is 432 g/mol. The van der Waals surface area contributed by atoms with Crippen LogP contribution in [0.25, 0.3) is 5.57 Å². The van der Waals surface area contributed by atoms with E-state index in [0.717, 1.165) is 0 Å². The first-order valence-corrected chi connectivity index (χ1v) is 11.7. The minimum absolute atomic E-state index is 0.293. The highest BCUT2D eigenvalue weighted by Gasteiger charge is 2.25. The lowest BCUT2D eigenvalue weighted by Crippen LogP contribution is -2.35. The summed E-state index contributed by atoms with van der Waals surface area (Å²) in [5.41, 5.74) is 3.22. The van der Waals surface area contributed by atoms with Crippen molar-refractivity contribution in [2.45, 2.75) is 0 Å². The van der Waals surface area contributed by atoms with Gasteiger partial charge in [-0.25, -0.2) is 13.2 Å². The highest BCUT2D eigenvalue weighted by molar-refractivity contribution is 7.92. The lowest BCUT2D eigenvalue weighted by Gasteiger charge is -2.24. The number of esters is 1. The second kappa shape index (κ2) is 9.41. The summed E-state index contributed by atoms with van der Waals surface area (Å²) >= 11 is 0. The molecule has 1 aliphatic rings. The van der Waals surface area contributed by atoms with Gasteiger partial charge >= 0.3 is 5.97 Å². The van der Waals surface area contributed by atoms with Gasteiger partial charge in [-0.2, -0.15) is 0 Å². The van der Waals surface area contributed by atoms with Gasteiger partial charge in [0, 0.05) is 36.2 Å². The normalized spacial score (nSPS) is 14.3. The Morgan fingerprint density at radius 3 is 2.41 bits per heavy atom. The van der Waals surface area contributed by atoms with Gasteiger partial charge < -0.3 is 20.3 Å². The monoisotopic (exact) mass is 458 g/mol. The van der Waals surface area contributed by atoms with E-state index in [1.54, 1.807) is 48.7 Å². The van der Waals surface area contributed by atoms with E-state index >= 15 is 0 Å². The number of nitrogens with one attached hydrogen (secondary N) is 2. The van der Waals surface area contributed by atoms with E-state index in [-0.39, 0.29) is 5.91 Å². The van der Waals surface area contributed by atoms with Gasteiger partial charge in [0.2, 0.25) is 10.0 Å². The number of amides is 1. The molecule has 0 bridgehead atoms. The summed E-state index contributed by atoms with van der Waals surface area (Å²) in [6, 6.07) is 11.8.